The first kappa shape index (κ1) is 17.7. The van der Waals surface area contributed by atoms with Gasteiger partial charge in [-0.25, -0.2) is 4.98 Å². The average Bonchev–Trinajstić information content (AvgIpc) is 2.52. The van der Waals surface area contributed by atoms with Gasteiger partial charge in [0.25, 0.3) is 0 Å². The van der Waals surface area contributed by atoms with E-state index in [1.54, 1.807) is 0 Å². The van der Waals surface area contributed by atoms with Crippen molar-refractivity contribution in [2.45, 2.75) is 6.18 Å². The highest BCUT2D eigenvalue weighted by Crippen LogP contribution is 2.29. The Labute approximate surface area is 136 Å². The SMILES string of the molecule is CNc1nc(NNc2ccc(N=[S-](=O)O)cc2)cc(C(F)(F)F)n1. The topological polar surface area (TPSA) is 112 Å². The maximum Gasteiger partial charge on any atom is 0.433 e. The van der Waals surface area contributed by atoms with Crippen molar-refractivity contribution < 1.29 is 21.9 Å². The van der Waals surface area contributed by atoms with Crippen molar-refractivity contribution in [3.05, 3.63) is 36.0 Å². The normalized spacial score (nSPS) is 12.7. The molecule has 8 nitrogen and oxygen atoms in total. The zero-order valence-electron chi connectivity index (χ0n) is 12.1. The summed E-state index contributed by atoms with van der Waals surface area (Å²) in [6.07, 6.45) is -4.60. The van der Waals surface area contributed by atoms with E-state index in [0.717, 1.165) is 6.07 Å². The van der Waals surface area contributed by atoms with E-state index in [9.17, 15) is 17.4 Å². The van der Waals surface area contributed by atoms with E-state index in [2.05, 4.69) is 30.5 Å². The van der Waals surface area contributed by atoms with Crippen LogP contribution in [0.2, 0.25) is 0 Å². The lowest BCUT2D eigenvalue weighted by atomic mass is 10.3. The molecule has 0 atom stereocenters. The fourth-order valence-electron chi connectivity index (χ4n) is 1.60. The van der Waals surface area contributed by atoms with Crippen molar-refractivity contribution in [3.63, 3.8) is 0 Å². The first-order chi connectivity index (χ1) is 11.3. The zero-order valence-corrected chi connectivity index (χ0v) is 12.9. The van der Waals surface area contributed by atoms with Crippen molar-refractivity contribution in [2.24, 2.45) is 4.36 Å². The van der Waals surface area contributed by atoms with Gasteiger partial charge in [0.1, 0.15) is 0 Å². The van der Waals surface area contributed by atoms with Gasteiger partial charge in [0.15, 0.2) is 11.5 Å². The predicted molar refractivity (Wildman–Crippen MR) is 83.0 cm³/mol. The molecule has 4 N–H and O–H groups in total. The van der Waals surface area contributed by atoms with Gasteiger partial charge in [0, 0.05) is 18.8 Å². The van der Waals surface area contributed by atoms with Gasteiger partial charge in [0.2, 0.25) is 5.95 Å². The van der Waals surface area contributed by atoms with Crippen LogP contribution in [0, 0.1) is 0 Å². The van der Waals surface area contributed by atoms with Gasteiger partial charge in [0.05, 0.1) is 5.69 Å². The Morgan fingerprint density at radius 2 is 1.83 bits per heavy atom. The van der Waals surface area contributed by atoms with Gasteiger partial charge in [-0.2, -0.15) is 18.2 Å². The monoisotopic (exact) mass is 361 g/mol. The molecule has 0 fully saturated rings. The molecule has 0 amide bonds. The number of hydrogen-bond acceptors (Lipinski definition) is 8. The quantitative estimate of drug-likeness (QED) is 0.367. The largest absolute Gasteiger partial charge is 0.454 e. The molecule has 1 aromatic heterocycles. The summed E-state index contributed by atoms with van der Waals surface area (Å²) in [6.45, 7) is 0. The molecular weight excluding hydrogens is 349 g/mol. The van der Waals surface area contributed by atoms with Gasteiger partial charge >= 0.3 is 6.18 Å². The maximum atomic E-state index is 12.8. The molecule has 2 rings (SSSR count). The second-order valence-electron chi connectivity index (χ2n) is 4.33. The number of halogens is 3. The molecule has 0 spiro atoms. The average molecular weight is 361 g/mol. The Morgan fingerprint density at radius 1 is 1.17 bits per heavy atom. The summed E-state index contributed by atoms with van der Waals surface area (Å²) in [7, 11) is -0.910. The summed E-state index contributed by atoms with van der Waals surface area (Å²) in [5, 5.41) is 2.45. The number of nitrogens with zero attached hydrogens (tertiary/aromatic N) is 3. The molecule has 0 bridgehead atoms. The summed E-state index contributed by atoms with van der Waals surface area (Å²) >= 11 is 0. The van der Waals surface area contributed by atoms with Gasteiger partial charge in [-0.3, -0.25) is 10.9 Å². The minimum atomic E-state index is -4.60. The van der Waals surface area contributed by atoms with Crippen LogP contribution < -0.4 is 16.2 Å². The smallest absolute Gasteiger partial charge is 0.433 e. The van der Waals surface area contributed by atoms with Crippen molar-refractivity contribution in [2.75, 3.05) is 23.2 Å². The molecule has 2 aromatic rings. The minimum absolute atomic E-state index is 0.0908. The first-order valence-electron chi connectivity index (χ1n) is 6.37. The number of alkyl halides is 3. The highest BCUT2D eigenvalue weighted by molar-refractivity contribution is 7.68. The molecule has 0 aliphatic carbocycles. The van der Waals surface area contributed by atoms with Crippen LogP contribution in [-0.4, -0.2) is 21.6 Å². The minimum Gasteiger partial charge on any atom is -0.454 e. The molecular formula is C12H12F3N6O2S-. The van der Waals surface area contributed by atoms with Crippen molar-refractivity contribution in [1.29, 1.82) is 0 Å². The Kier molecular flexibility index (Phi) is 5.41. The fraction of sp³-hybridized carbons (Fsp3) is 0.167. The molecule has 0 saturated heterocycles. The van der Waals surface area contributed by atoms with Crippen LogP contribution >= 0.6 is 0 Å². The number of rotatable bonds is 5. The molecule has 1 aromatic carbocycles. The fourth-order valence-corrected chi connectivity index (χ4v) is 1.90. The van der Waals surface area contributed by atoms with Gasteiger partial charge in [-0.05, 0) is 24.3 Å². The lowest BCUT2D eigenvalue weighted by molar-refractivity contribution is -0.141. The molecule has 0 saturated carbocycles. The standard InChI is InChI=1S/C12H12F3N6O2S/c1-16-11-17-9(12(13,14)15)6-10(18-11)20-19-7-2-4-8(5-3-7)21-24(22)23/h2-6,19H,1H3,(H,21,22,23)(H2,16,17,18,20)/q-1. The van der Waals surface area contributed by atoms with E-state index in [1.165, 1.54) is 31.3 Å². The molecule has 0 aliphatic rings. The van der Waals surface area contributed by atoms with Gasteiger partial charge in [-0.1, -0.05) is 10.9 Å². The Hall–Kier alpha value is -2.60. The lowest BCUT2D eigenvalue weighted by Crippen LogP contribution is -2.15. The predicted octanol–water partition coefficient (Wildman–Crippen LogP) is 3.23. The summed E-state index contributed by atoms with van der Waals surface area (Å²) in [4.78, 5) is 7.19. The lowest BCUT2D eigenvalue weighted by Gasteiger charge is -2.13. The van der Waals surface area contributed by atoms with Crippen LogP contribution in [-0.2, 0) is 21.3 Å². The van der Waals surface area contributed by atoms with Crippen LogP contribution in [0.5, 0.6) is 0 Å². The van der Waals surface area contributed by atoms with Gasteiger partial charge in [-0.15, -0.1) is 0 Å². The van der Waals surface area contributed by atoms with E-state index in [4.69, 9.17) is 4.55 Å². The van der Waals surface area contributed by atoms with Crippen molar-refractivity contribution >= 4 is 34.0 Å². The number of hydrazine groups is 1. The molecule has 0 radical (unpaired) electrons. The number of hydrogen-bond donors (Lipinski definition) is 4. The molecule has 0 unspecified atom stereocenters. The second-order valence-corrected chi connectivity index (χ2v) is 4.97. The molecule has 1 heterocycles. The Balaban J connectivity index is 2.14. The highest BCUT2D eigenvalue weighted by Gasteiger charge is 2.33. The van der Waals surface area contributed by atoms with E-state index in [0.29, 0.717) is 5.69 Å². The van der Waals surface area contributed by atoms with Crippen LogP contribution in [0.4, 0.5) is 36.3 Å². The maximum absolute atomic E-state index is 12.8. The highest BCUT2D eigenvalue weighted by atomic mass is 32.2. The van der Waals surface area contributed by atoms with Crippen molar-refractivity contribution in [3.8, 4) is 0 Å². The van der Waals surface area contributed by atoms with Crippen LogP contribution in [0.15, 0.2) is 34.7 Å². The van der Waals surface area contributed by atoms with E-state index in [-0.39, 0.29) is 17.5 Å². The second kappa shape index (κ2) is 7.31. The summed E-state index contributed by atoms with van der Waals surface area (Å²) in [5.74, 6) is -0.277. The molecule has 24 heavy (non-hydrogen) atoms. The third-order valence-electron chi connectivity index (χ3n) is 2.63. The van der Waals surface area contributed by atoms with Crippen molar-refractivity contribution in [1.82, 2.24) is 9.97 Å². The van der Waals surface area contributed by atoms with Crippen LogP contribution in [0.3, 0.4) is 0 Å². The number of benzene rings is 1. The van der Waals surface area contributed by atoms with E-state index >= 15 is 0 Å². The Morgan fingerprint density at radius 3 is 2.38 bits per heavy atom. The van der Waals surface area contributed by atoms with Gasteiger partial charge < -0.3 is 18.4 Å². The number of aromatic nitrogens is 2. The van der Waals surface area contributed by atoms with Crippen LogP contribution in [0.1, 0.15) is 5.69 Å². The molecule has 12 heteroatoms. The third kappa shape index (κ3) is 4.96. The summed E-state index contributed by atoms with van der Waals surface area (Å²) in [6, 6.07) is 6.70. The molecule has 130 valence electrons. The van der Waals surface area contributed by atoms with E-state index < -0.39 is 22.7 Å². The summed E-state index contributed by atoms with van der Waals surface area (Å²) < 4.78 is 60.9. The number of nitrogens with one attached hydrogen (secondary N) is 3. The number of anilines is 3. The first-order valence-corrected chi connectivity index (χ1v) is 7.43. The zero-order chi connectivity index (χ0) is 17.7. The van der Waals surface area contributed by atoms with Crippen LogP contribution in [0.25, 0.3) is 0 Å². The molecule has 0 aliphatic heterocycles. The summed E-state index contributed by atoms with van der Waals surface area (Å²) in [5.41, 5.74) is 4.85. The Bertz CT molecular complexity index is 790. The third-order valence-corrected chi connectivity index (χ3v) is 2.99. The van der Waals surface area contributed by atoms with E-state index in [1.807, 2.05) is 0 Å².